The zero-order valence-electron chi connectivity index (χ0n) is 16.6. The number of unbranched alkanes of at least 4 members (excludes halogenated alkanes) is 1. The summed E-state index contributed by atoms with van der Waals surface area (Å²) in [6, 6.07) is 3.68. The Balaban J connectivity index is 0.00000364. The maximum absolute atomic E-state index is 5.31. The predicted molar refractivity (Wildman–Crippen MR) is 120 cm³/mol. The molecule has 2 rings (SSSR count). The Hall–Kier alpha value is -1.58. The average molecular weight is 488 g/mol. The van der Waals surface area contributed by atoms with E-state index in [0.29, 0.717) is 17.5 Å². The molecule has 0 aliphatic rings. The van der Waals surface area contributed by atoms with Gasteiger partial charge in [0.05, 0.1) is 6.26 Å². The van der Waals surface area contributed by atoms with Gasteiger partial charge in [0.25, 0.3) is 0 Å². The van der Waals surface area contributed by atoms with Crippen LogP contribution in [0.2, 0.25) is 0 Å². The number of aromatic amines is 1. The minimum absolute atomic E-state index is 0. The smallest absolute Gasteiger partial charge is 0.216 e. The number of rotatable bonds is 11. The summed E-state index contributed by atoms with van der Waals surface area (Å²) >= 11 is 0. The summed E-state index contributed by atoms with van der Waals surface area (Å²) in [7, 11) is 1.81. The summed E-state index contributed by atoms with van der Waals surface area (Å²) in [5.41, 5.74) is 0. The number of aromatic nitrogens is 3. The molecule has 0 saturated carbocycles. The first-order valence-electron chi connectivity index (χ1n) is 9.66. The van der Waals surface area contributed by atoms with Crippen molar-refractivity contribution < 1.29 is 4.42 Å². The van der Waals surface area contributed by atoms with Crippen LogP contribution >= 0.6 is 24.0 Å². The van der Waals surface area contributed by atoms with Gasteiger partial charge in [0.2, 0.25) is 5.82 Å². The first-order chi connectivity index (χ1) is 12.8. The Kier molecular flexibility index (Phi) is 11.8. The van der Waals surface area contributed by atoms with Crippen LogP contribution < -0.4 is 10.6 Å². The van der Waals surface area contributed by atoms with Gasteiger partial charge in [-0.25, -0.2) is 4.98 Å². The normalized spacial score (nSPS) is 12.5. The van der Waals surface area contributed by atoms with Crippen molar-refractivity contribution in [3.8, 4) is 11.6 Å². The average Bonchev–Trinajstić information content (AvgIpc) is 3.33. The molecule has 1 atom stereocenters. The van der Waals surface area contributed by atoms with E-state index in [1.54, 1.807) is 13.3 Å². The van der Waals surface area contributed by atoms with Gasteiger partial charge >= 0.3 is 0 Å². The first-order valence-corrected chi connectivity index (χ1v) is 9.66. The lowest BCUT2D eigenvalue weighted by atomic mass is 9.97. The highest BCUT2D eigenvalue weighted by Crippen LogP contribution is 2.15. The zero-order chi connectivity index (χ0) is 18.6. The zero-order valence-corrected chi connectivity index (χ0v) is 19.0. The number of hydrogen-bond acceptors (Lipinski definition) is 4. The van der Waals surface area contributed by atoms with E-state index in [1.165, 1.54) is 32.1 Å². The highest BCUT2D eigenvalue weighted by atomic mass is 127. The monoisotopic (exact) mass is 488 g/mol. The van der Waals surface area contributed by atoms with E-state index >= 15 is 0 Å². The van der Waals surface area contributed by atoms with E-state index in [2.05, 4.69) is 44.7 Å². The molecule has 2 aromatic heterocycles. The number of halogens is 1. The van der Waals surface area contributed by atoms with Crippen LogP contribution in [0.1, 0.15) is 51.8 Å². The predicted octanol–water partition coefficient (Wildman–Crippen LogP) is 4.00. The van der Waals surface area contributed by atoms with Crippen molar-refractivity contribution in [2.24, 2.45) is 10.9 Å². The van der Waals surface area contributed by atoms with E-state index in [0.717, 1.165) is 31.3 Å². The number of nitrogens with zero attached hydrogens (tertiary/aromatic N) is 3. The molecular formula is C19H33IN6O. The molecule has 2 heterocycles. The highest BCUT2D eigenvalue weighted by Gasteiger charge is 2.10. The molecule has 0 spiro atoms. The van der Waals surface area contributed by atoms with Crippen LogP contribution in [-0.2, 0) is 6.42 Å². The van der Waals surface area contributed by atoms with Crippen molar-refractivity contribution in [1.82, 2.24) is 25.8 Å². The number of nitrogens with one attached hydrogen (secondary N) is 3. The molecule has 0 aliphatic carbocycles. The molecule has 2 aromatic rings. The number of aliphatic imine (C=N–C) groups is 1. The van der Waals surface area contributed by atoms with Crippen LogP contribution in [0, 0.1) is 5.92 Å². The Morgan fingerprint density at radius 3 is 2.78 bits per heavy atom. The maximum atomic E-state index is 5.31. The van der Waals surface area contributed by atoms with Gasteiger partial charge in [-0.3, -0.25) is 10.1 Å². The maximum Gasteiger partial charge on any atom is 0.216 e. The number of H-pyrrole nitrogens is 1. The standard InChI is InChI=1S/C19H32N6O.HI/c1-4-6-9-15(8-5-2)14-22-19(20-3)21-12-11-17-23-18(25-24-17)16-10-7-13-26-16;/h7,10,13,15H,4-6,8-9,11-12,14H2,1-3H3,(H2,20,21,22)(H,23,24,25);1H. The Bertz CT molecular complexity index is 640. The first kappa shape index (κ1) is 23.5. The van der Waals surface area contributed by atoms with Crippen molar-refractivity contribution in [2.45, 2.75) is 52.4 Å². The van der Waals surface area contributed by atoms with Gasteiger partial charge in [0.1, 0.15) is 5.82 Å². The van der Waals surface area contributed by atoms with Crippen LogP contribution in [0.25, 0.3) is 11.6 Å². The van der Waals surface area contributed by atoms with E-state index in [1.807, 2.05) is 12.1 Å². The topological polar surface area (TPSA) is 91.1 Å². The third kappa shape index (κ3) is 8.32. The quantitative estimate of drug-likeness (QED) is 0.253. The molecule has 0 saturated heterocycles. The van der Waals surface area contributed by atoms with Crippen LogP contribution in [-0.4, -0.2) is 41.3 Å². The summed E-state index contributed by atoms with van der Waals surface area (Å²) < 4.78 is 5.31. The van der Waals surface area contributed by atoms with Crippen molar-refractivity contribution in [3.63, 3.8) is 0 Å². The largest absolute Gasteiger partial charge is 0.461 e. The molecule has 7 nitrogen and oxygen atoms in total. The molecule has 152 valence electrons. The minimum Gasteiger partial charge on any atom is -0.461 e. The summed E-state index contributed by atoms with van der Waals surface area (Å²) in [6.07, 6.45) is 8.68. The van der Waals surface area contributed by atoms with Crippen molar-refractivity contribution in [3.05, 3.63) is 24.2 Å². The summed E-state index contributed by atoms with van der Waals surface area (Å²) in [4.78, 5) is 8.76. The molecule has 0 bridgehead atoms. The minimum atomic E-state index is 0. The van der Waals surface area contributed by atoms with E-state index < -0.39 is 0 Å². The second-order valence-electron chi connectivity index (χ2n) is 6.51. The Labute approximate surface area is 179 Å². The molecule has 0 aliphatic heterocycles. The molecule has 0 amide bonds. The van der Waals surface area contributed by atoms with Gasteiger partial charge in [-0.15, -0.1) is 24.0 Å². The molecular weight excluding hydrogens is 455 g/mol. The third-order valence-corrected chi connectivity index (χ3v) is 4.37. The second-order valence-corrected chi connectivity index (χ2v) is 6.51. The highest BCUT2D eigenvalue weighted by molar-refractivity contribution is 14.0. The Morgan fingerprint density at radius 1 is 1.26 bits per heavy atom. The SMILES string of the molecule is CCCCC(CCC)CNC(=NC)NCCc1nc(-c2ccco2)n[nH]1.I. The lowest BCUT2D eigenvalue weighted by molar-refractivity contribution is 0.423. The molecule has 1 unspecified atom stereocenters. The fourth-order valence-corrected chi connectivity index (χ4v) is 2.93. The number of furan rings is 1. The van der Waals surface area contributed by atoms with Crippen LogP contribution in [0.4, 0.5) is 0 Å². The van der Waals surface area contributed by atoms with E-state index in [-0.39, 0.29) is 24.0 Å². The van der Waals surface area contributed by atoms with E-state index in [9.17, 15) is 0 Å². The molecule has 0 aromatic carbocycles. The fourth-order valence-electron chi connectivity index (χ4n) is 2.93. The number of guanidine groups is 1. The van der Waals surface area contributed by atoms with Gasteiger partial charge < -0.3 is 15.1 Å². The van der Waals surface area contributed by atoms with E-state index in [4.69, 9.17) is 4.42 Å². The lowest BCUT2D eigenvalue weighted by Gasteiger charge is -2.18. The molecule has 3 N–H and O–H groups in total. The van der Waals surface area contributed by atoms with Gasteiger partial charge in [-0.2, -0.15) is 5.10 Å². The number of hydrogen-bond donors (Lipinski definition) is 3. The van der Waals surface area contributed by atoms with Crippen molar-refractivity contribution >= 4 is 29.9 Å². The van der Waals surface area contributed by atoms with Gasteiger partial charge in [0.15, 0.2) is 11.7 Å². The summed E-state index contributed by atoms with van der Waals surface area (Å²) in [6.45, 7) is 6.20. The molecule has 8 heteroatoms. The fraction of sp³-hybridized carbons (Fsp3) is 0.632. The lowest BCUT2D eigenvalue weighted by Crippen LogP contribution is -2.40. The van der Waals surface area contributed by atoms with Crippen molar-refractivity contribution in [1.29, 1.82) is 0 Å². The third-order valence-electron chi connectivity index (χ3n) is 4.37. The van der Waals surface area contributed by atoms with Crippen LogP contribution in [0.15, 0.2) is 27.8 Å². The van der Waals surface area contributed by atoms with Gasteiger partial charge in [-0.1, -0.05) is 33.1 Å². The Morgan fingerprint density at radius 2 is 2.11 bits per heavy atom. The summed E-state index contributed by atoms with van der Waals surface area (Å²) in [5, 5.41) is 13.9. The summed E-state index contributed by atoms with van der Waals surface area (Å²) in [5.74, 6) is 3.64. The van der Waals surface area contributed by atoms with Gasteiger partial charge in [-0.05, 0) is 30.9 Å². The van der Waals surface area contributed by atoms with Crippen LogP contribution in [0.3, 0.4) is 0 Å². The molecule has 0 fully saturated rings. The molecule has 27 heavy (non-hydrogen) atoms. The molecule has 0 radical (unpaired) electrons. The van der Waals surface area contributed by atoms with Crippen molar-refractivity contribution in [2.75, 3.05) is 20.1 Å². The van der Waals surface area contributed by atoms with Gasteiger partial charge in [0, 0.05) is 26.6 Å². The second kappa shape index (κ2) is 13.6. The van der Waals surface area contributed by atoms with Crippen LogP contribution in [0.5, 0.6) is 0 Å².